The molecule has 1 aromatic heterocycles. The standard InChI is InChI=1S/C16H22N6OS/c1-11-10-21(9-7-17-11)16(24)20-19-13-5-8-22(12(2)23)14-4-3-6-18-15(13)14/h3-4,6,11,17H,5,7-10H2,1-2H3,(H,20,24)/b19-13-. The maximum absolute atomic E-state index is 11.8. The van der Waals surface area contributed by atoms with Crippen LogP contribution in [0.15, 0.2) is 23.4 Å². The van der Waals surface area contributed by atoms with E-state index in [9.17, 15) is 4.79 Å². The van der Waals surface area contributed by atoms with Gasteiger partial charge in [0.2, 0.25) is 5.91 Å². The van der Waals surface area contributed by atoms with E-state index in [1.807, 2.05) is 12.1 Å². The molecule has 128 valence electrons. The Morgan fingerprint density at radius 1 is 1.50 bits per heavy atom. The second-order valence-corrected chi connectivity index (χ2v) is 6.46. The van der Waals surface area contributed by atoms with Gasteiger partial charge in [-0.15, -0.1) is 0 Å². The van der Waals surface area contributed by atoms with Gasteiger partial charge in [0.25, 0.3) is 0 Å². The van der Waals surface area contributed by atoms with Gasteiger partial charge in [0.05, 0.1) is 11.4 Å². The molecule has 2 aliphatic rings. The number of rotatable bonds is 1. The number of hydrogen-bond acceptors (Lipinski definition) is 5. The molecule has 3 heterocycles. The number of aromatic nitrogens is 1. The summed E-state index contributed by atoms with van der Waals surface area (Å²) in [6.07, 6.45) is 2.37. The number of piperazine rings is 1. The van der Waals surface area contributed by atoms with Crippen molar-refractivity contribution < 1.29 is 4.79 Å². The van der Waals surface area contributed by atoms with Crippen molar-refractivity contribution in [3.05, 3.63) is 24.0 Å². The highest BCUT2D eigenvalue weighted by molar-refractivity contribution is 7.80. The van der Waals surface area contributed by atoms with E-state index in [1.54, 1.807) is 18.0 Å². The van der Waals surface area contributed by atoms with Crippen molar-refractivity contribution in [1.29, 1.82) is 0 Å². The van der Waals surface area contributed by atoms with E-state index in [4.69, 9.17) is 12.2 Å². The number of nitrogens with one attached hydrogen (secondary N) is 2. The summed E-state index contributed by atoms with van der Waals surface area (Å²) < 4.78 is 0. The summed E-state index contributed by atoms with van der Waals surface area (Å²) in [5, 5.41) is 8.50. The van der Waals surface area contributed by atoms with E-state index >= 15 is 0 Å². The van der Waals surface area contributed by atoms with Gasteiger partial charge < -0.3 is 15.1 Å². The van der Waals surface area contributed by atoms with Crippen molar-refractivity contribution in [2.24, 2.45) is 5.10 Å². The topological polar surface area (TPSA) is 72.9 Å². The molecule has 3 rings (SSSR count). The van der Waals surface area contributed by atoms with Crippen LogP contribution in [0.25, 0.3) is 0 Å². The molecule has 1 atom stereocenters. The van der Waals surface area contributed by atoms with Crippen LogP contribution in [0.3, 0.4) is 0 Å². The van der Waals surface area contributed by atoms with Crippen LogP contribution in [0, 0.1) is 0 Å². The second-order valence-electron chi connectivity index (χ2n) is 6.07. The molecule has 24 heavy (non-hydrogen) atoms. The van der Waals surface area contributed by atoms with Crippen molar-refractivity contribution in [3.8, 4) is 0 Å². The molecule has 0 radical (unpaired) electrons. The second kappa shape index (κ2) is 7.23. The molecule has 1 aromatic rings. The van der Waals surface area contributed by atoms with Crippen LogP contribution in [-0.2, 0) is 4.79 Å². The fourth-order valence-electron chi connectivity index (χ4n) is 3.03. The van der Waals surface area contributed by atoms with Gasteiger partial charge in [-0.05, 0) is 31.3 Å². The minimum Gasteiger partial charge on any atom is -0.345 e. The van der Waals surface area contributed by atoms with Crippen molar-refractivity contribution in [1.82, 2.24) is 20.6 Å². The molecule has 0 saturated carbocycles. The van der Waals surface area contributed by atoms with Crippen LogP contribution in [0.4, 0.5) is 5.69 Å². The molecule has 0 bridgehead atoms. The highest BCUT2D eigenvalue weighted by Gasteiger charge is 2.25. The van der Waals surface area contributed by atoms with E-state index < -0.39 is 0 Å². The lowest BCUT2D eigenvalue weighted by atomic mass is 10.1. The summed E-state index contributed by atoms with van der Waals surface area (Å²) in [6.45, 7) is 6.96. The SMILES string of the molecule is CC(=O)N1CC/C(=N/NC(=S)N2CCNC(C)C2)c2ncccc21. The summed E-state index contributed by atoms with van der Waals surface area (Å²) in [4.78, 5) is 20.0. The molecule has 1 fully saturated rings. The van der Waals surface area contributed by atoms with Crippen LogP contribution in [0.5, 0.6) is 0 Å². The average molecular weight is 346 g/mol. The number of amides is 1. The van der Waals surface area contributed by atoms with Gasteiger partial charge in [-0.1, -0.05) is 0 Å². The third kappa shape index (κ3) is 3.54. The Morgan fingerprint density at radius 2 is 2.33 bits per heavy atom. The van der Waals surface area contributed by atoms with Crippen LogP contribution in [-0.4, -0.2) is 58.8 Å². The Labute approximate surface area is 147 Å². The van der Waals surface area contributed by atoms with Crippen LogP contribution < -0.4 is 15.6 Å². The minimum atomic E-state index is 0.0154. The maximum atomic E-state index is 11.8. The Hall–Kier alpha value is -2.06. The Morgan fingerprint density at radius 3 is 3.08 bits per heavy atom. The van der Waals surface area contributed by atoms with Gasteiger partial charge >= 0.3 is 0 Å². The predicted molar refractivity (Wildman–Crippen MR) is 98.2 cm³/mol. The normalized spacial score (nSPS) is 22.2. The highest BCUT2D eigenvalue weighted by atomic mass is 32.1. The van der Waals surface area contributed by atoms with Crippen molar-refractivity contribution >= 4 is 34.6 Å². The molecule has 2 N–H and O–H groups in total. The number of pyridine rings is 1. The lowest BCUT2D eigenvalue weighted by Gasteiger charge is -2.33. The lowest BCUT2D eigenvalue weighted by Crippen LogP contribution is -2.53. The first-order valence-electron chi connectivity index (χ1n) is 8.14. The molecule has 8 heteroatoms. The molecule has 2 aliphatic heterocycles. The van der Waals surface area contributed by atoms with Gasteiger partial charge in [0, 0.05) is 51.8 Å². The Balaban J connectivity index is 1.75. The molecule has 0 aromatic carbocycles. The average Bonchev–Trinajstić information content (AvgIpc) is 2.59. The summed E-state index contributed by atoms with van der Waals surface area (Å²) in [6, 6.07) is 4.14. The first-order valence-corrected chi connectivity index (χ1v) is 8.55. The van der Waals surface area contributed by atoms with Crippen LogP contribution in [0.2, 0.25) is 0 Å². The van der Waals surface area contributed by atoms with Crippen LogP contribution in [0.1, 0.15) is 26.0 Å². The molecular weight excluding hydrogens is 324 g/mol. The molecule has 1 amide bonds. The maximum Gasteiger partial charge on any atom is 0.223 e. The number of hydrogen-bond donors (Lipinski definition) is 2. The number of hydrazone groups is 1. The summed E-state index contributed by atoms with van der Waals surface area (Å²) >= 11 is 5.45. The zero-order valence-corrected chi connectivity index (χ0v) is 14.8. The van der Waals surface area contributed by atoms with E-state index in [0.29, 0.717) is 24.1 Å². The summed E-state index contributed by atoms with van der Waals surface area (Å²) in [5.41, 5.74) is 5.37. The summed E-state index contributed by atoms with van der Waals surface area (Å²) in [7, 11) is 0. The van der Waals surface area contributed by atoms with Gasteiger partial charge in [0.15, 0.2) is 5.11 Å². The third-order valence-electron chi connectivity index (χ3n) is 4.25. The van der Waals surface area contributed by atoms with Crippen molar-refractivity contribution in [2.75, 3.05) is 31.1 Å². The van der Waals surface area contributed by atoms with E-state index in [1.165, 1.54) is 0 Å². The zero-order chi connectivity index (χ0) is 17.1. The van der Waals surface area contributed by atoms with E-state index in [2.05, 4.69) is 32.7 Å². The number of carbonyl (C=O) groups excluding carboxylic acids is 1. The molecule has 0 aliphatic carbocycles. The zero-order valence-electron chi connectivity index (χ0n) is 14.0. The number of nitrogens with zero attached hydrogens (tertiary/aromatic N) is 4. The molecule has 1 saturated heterocycles. The van der Waals surface area contributed by atoms with Crippen molar-refractivity contribution in [2.45, 2.75) is 26.3 Å². The van der Waals surface area contributed by atoms with E-state index in [0.717, 1.165) is 36.7 Å². The smallest absolute Gasteiger partial charge is 0.223 e. The number of fused-ring (bicyclic) bond motifs is 1. The molecule has 1 unspecified atom stereocenters. The van der Waals surface area contributed by atoms with E-state index in [-0.39, 0.29) is 5.91 Å². The van der Waals surface area contributed by atoms with Crippen molar-refractivity contribution in [3.63, 3.8) is 0 Å². The van der Waals surface area contributed by atoms with Gasteiger partial charge in [-0.3, -0.25) is 15.2 Å². The first kappa shape index (κ1) is 16.8. The fourth-order valence-corrected chi connectivity index (χ4v) is 3.24. The van der Waals surface area contributed by atoms with Gasteiger partial charge in [-0.2, -0.15) is 5.10 Å². The monoisotopic (exact) mass is 346 g/mol. The van der Waals surface area contributed by atoms with Gasteiger partial charge in [-0.25, -0.2) is 0 Å². The van der Waals surface area contributed by atoms with Gasteiger partial charge in [0.1, 0.15) is 5.69 Å². The number of anilines is 1. The summed E-state index contributed by atoms with van der Waals surface area (Å²) in [5.74, 6) is 0.0154. The molecular formula is C16H22N6OS. The minimum absolute atomic E-state index is 0.0154. The predicted octanol–water partition coefficient (Wildman–Crippen LogP) is 0.711. The third-order valence-corrected chi connectivity index (χ3v) is 4.59. The highest BCUT2D eigenvalue weighted by Crippen LogP contribution is 2.25. The number of thiocarbonyl (C=S) groups is 1. The van der Waals surface area contributed by atoms with Crippen LogP contribution >= 0.6 is 12.2 Å². The lowest BCUT2D eigenvalue weighted by molar-refractivity contribution is -0.116. The first-order chi connectivity index (χ1) is 11.6. The molecule has 7 nitrogen and oxygen atoms in total. The largest absolute Gasteiger partial charge is 0.345 e. The quantitative estimate of drug-likeness (QED) is 0.576. The Bertz CT molecular complexity index is 676. The Kier molecular flexibility index (Phi) is 5.06. The molecule has 0 spiro atoms. The fraction of sp³-hybridized carbons (Fsp3) is 0.500. The number of carbonyl (C=O) groups is 1.